The summed E-state index contributed by atoms with van der Waals surface area (Å²) in [6, 6.07) is 33.8. The predicted molar refractivity (Wildman–Crippen MR) is 177 cm³/mol. The summed E-state index contributed by atoms with van der Waals surface area (Å²) in [5.41, 5.74) is 9.28. The highest BCUT2D eigenvalue weighted by Crippen LogP contribution is 2.31. The maximum atomic E-state index is 6.23. The lowest BCUT2D eigenvalue weighted by Gasteiger charge is -2.22. The molecule has 4 rings (SSSR count). The van der Waals surface area contributed by atoms with Crippen molar-refractivity contribution in [2.45, 2.75) is 27.7 Å². The van der Waals surface area contributed by atoms with Crippen LogP contribution >= 0.6 is 23.2 Å². The van der Waals surface area contributed by atoms with Crippen LogP contribution in [0.4, 0.5) is 11.4 Å². The highest BCUT2D eigenvalue weighted by Gasteiger charge is 2.10. The smallest absolute Gasteiger partial charge is 0.0406 e. The molecule has 0 radical (unpaired) electrons. The van der Waals surface area contributed by atoms with E-state index in [0.29, 0.717) is 0 Å². The standard InChI is InChI=1S/C36H38Cl2N2/c1-5-39(6-2)33-21-13-29(14-22-33)36(30-15-23-34(24-16-30)40(7-3)8-4)26-25-35(27-9-17-31(37)18-10-27)28-11-19-32(38)20-12-28/h9-26H,5-8H2,1-4H3. The van der Waals surface area contributed by atoms with Gasteiger partial charge in [0.1, 0.15) is 0 Å². The van der Waals surface area contributed by atoms with E-state index in [9.17, 15) is 0 Å². The number of hydrogen-bond acceptors (Lipinski definition) is 2. The first-order chi connectivity index (χ1) is 19.5. The number of anilines is 2. The van der Waals surface area contributed by atoms with Crippen molar-refractivity contribution >= 4 is 45.7 Å². The molecule has 0 saturated heterocycles. The quantitative estimate of drug-likeness (QED) is 0.166. The first-order valence-electron chi connectivity index (χ1n) is 14.1. The largest absolute Gasteiger partial charge is 0.372 e. The van der Waals surface area contributed by atoms with E-state index in [2.05, 4.69) is 122 Å². The van der Waals surface area contributed by atoms with E-state index in [0.717, 1.165) is 58.5 Å². The second kappa shape index (κ2) is 14.3. The van der Waals surface area contributed by atoms with E-state index in [1.54, 1.807) is 0 Å². The lowest BCUT2D eigenvalue weighted by molar-refractivity contribution is 0.866. The number of nitrogens with zero attached hydrogens (tertiary/aromatic N) is 2. The minimum absolute atomic E-state index is 0.719. The zero-order chi connectivity index (χ0) is 28.5. The second-order valence-corrected chi connectivity index (χ2v) is 10.5. The molecule has 0 aromatic heterocycles. The van der Waals surface area contributed by atoms with E-state index in [4.69, 9.17) is 23.2 Å². The average Bonchev–Trinajstić information content (AvgIpc) is 2.99. The average molecular weight is 570 g/mol. The molecule has 0 aliphatic rings. The predicted octanol–water partition coefficient (Wildman–Crippen LogP) is 10.2. The molecule has 0 N–H and O–H groups in total. The van der Waals surface area contributed by atoms with Crippen molar-refractivity contribution in [3.63, 3.8) is 0 Å². The van der Waals surface area contributed by atoms with E-state index < -0.39 is 0 Å². The summed E-state index contributed by atoms with van der Waals surface area (Å²) in [6.07, 6.45) is 4.44. The lowest BCUT2D eigenvalue weighted by Crippen LogP contribution is -2.21. The Morgan fingerprint density at radius 1 is 0.450 bits per heavy atom. The Morgan fingerprint density at radius 2 is 0.700 bits per heavy atom. The van der Waals surface area contributed by atoms with Crippen LogP contribution in [0.15, 0.2) is 109 Å². The van der Waals surface area contributed by atoms with Gasteiger partial charge in [0.05, 0.1) is 0 Å². The van der Waals surface area contributed by atoms with Gasteiger partial charge in [-0.2, -0.15) is 0 Å². The van der Waals surface area contributed by atoms with Crippen LogP contribution in [0.3, 0.4) is 0 Å². The molecule has 0 fully saturated rings. The van der Waals surface area contributed by atoms with Gasteiger partial charge in [-0.3, -0.25) is 0 Å². The summed E-state index contributed by atoms with van der Waals surface area (Å²) in [7, 11) is 0. The number of halogens is 2. The topological polar surface area (TPSA) is 6.48 Å². The van der Waals surface area contributed by atoms with Gasteiger partial charge in [0.25, 0.3) is 0 Å². The third kappa shape index (κ3) is 7.18. The van der Waals surface area contributed by atoms with Gasteiger partial charge in [0.15, 0.2) is 0 Å². The second-order valence-electron chi connectivity index (χ2n) is 9.61. The molecule has 4 aromatic carbocycles. The molecular formula is C36H38Cl2N2. The SMILES string of the molecule is CCN(CC)c1ccc(C(=CC=C(c2ccc(Cl)cc2)c2ccc(Cl)cc2)c2ccc(N(CC)CC)cc2)cc1. The van der Waals surface area contributed by atoms with E-state index in [1.807, 2.05) is 24.3 Å². The van der Waals surface area contributed by atoms with Gasteiger partial charge in [-0.05, 0) is 110 Å². The maximum Gasteiger partial charge on any atom is 0.0406 e. The molecule has 0 unspecified atom stereocenters. The Labute approximate surface area is 250 Å². The van der Waals surface area contributed by atoms with Crippen molar-refractivity contribution in [2.24, 2.45) is 0 Å². The van der Waals surface area contributed by atoms with Crippen LogP contribution in [0.25, 0.3) is 11.1 Å². The van der Waals surface area contributed by atoms with Gasteiger partial charge in [-0.15, -0.1) is 0 Å². The fraction of sp³-hybridized carbons (Fsp3) is 0.222. The van der Waals surface area contributed by atoms with Gasteiger partial charge in [-0.25, -0.2) is 0 Å². The molecule has 0 amide bonds. The summed E-state index contributed by atoms with van der Waals surface area (Å²) in [6.45, 7) is 12.7. The summed E-state index contributed by atoms with van der Waals surface area (Å²) >= 11 is 12.5. The van der Waals surface area contributed by atoms with Crippen LogP contribution in [0.5, 0.6) is 0 Å². The fourth-order valence-corrected chi connectivity index (χ4v) is 5.28. The molecule has 0 aliphatic carbocycles. The number of rotatable bonds is 11. The van der Waals surface area contributed by atoms with Crippen molar-refractivity contribution in [1.29, 1.82) is 0 Å². The number of benzene rings is 4. The molecule has 2 nitrogen and oxygen atoms in total. The molecule has 0 bridgehead atoms. The summed E-state index contributed by atoms with van der Waals surface area (Å²) in [4.78, 5) is 4.73. The monoisotopic (exact) mass is 568 g/mol. The van der Waals surface area contributed by atoms with Crippen molar-refractivity contribution < 1.29 is 0 Å². The van der Waals surface area contributed by atoms with Crippen LogP contribution in [0, 0.1) is 0 Å². The van der Waals surface area contributed by atoms with Crippen LogP contribution in [-0.4, -0.2) is 26.2 Å². The highest BCUT2D eigenvalue weighted by atomic mass is 35.5. The van der Waals surface area contributed by atoms with E-state index in [1.165, 1.54) is 22.5 Å². The van der Waals surface area contributed by atoms with Crippen molar-refractivity contribution in [3.05, 3.63) is 142 Å². The van der Waals surface area contributed by atoms with Crippen LogP contribution in [0.2, 0.25) is 10.0 Å². The molecule has 0 atom stereocenters. The zero-order valence-electron chi connectivity index (χ0n) is 23.9. The molecule has 40 heavy (non-hydrogen) atoms. The zero-order valence-corrected chi connectivity index (χ0v) is 25.4. The molecule has 0 saturated carbocycles. The number of allylic oxidation sites excluding steroid dienone is 2. The number of hydrogen-bond donors (Lipinski definition) is 0. The summed E-state index contributed by atoms with van der Waals surface area (Å²) < 4.78 is 0. The van der Waals surface area contributed by atoms with Crippen LogP contribution in [0.1, 0.15) is 49.9 Å². The van der Waals surface area contributed by atoms with Crippen molar-refractivity contribution in [2.75, 3.05) is 36.0 Å². The molecule has 206 valence electrons. The summed E-state index contributed by atoms with van der Waals surface area (Å²) in [5.74, 6) is 0. The Kier molecular flexibility index (Phi) is 10.5. The van der Waals surface area contributed by atoms with Crippen molar-refractivity contribution in [3.8, 4) is 0 Å². The Balaban J connectivity index is 1.85. The van der Waals surface area contributed by atoms with E-state index >= 15 is 0 Å². The first kappa shape index (κ1) is 29.5. The van der Waals surface area contributed by atoms with Gasteiger partial charge in [-0.1, -0.05) is 83.9 Å². The molecule has 0 spiro atoms. The minimum Gasteiger partial charge on any atom is -0.372 e. The highest BCUT2D eigenvalue weighted by molar-refractivity contribution is 6.31. The van der Waals surface area contributed by atoms with E-state index in [-0.39, 0.29) is 0 Å². The lowest BCUT2D eigenvalue weighted by atomic mass is 9.93. The third-order valence-electron chi connectivity index (χ3n) is 7.34. The molecule has 0 heterocycles. The maximum absolute atomic E-state index is 6.23. The molecule has 0 aliphatic heterocycles. The Hall–Kier alpha value is -3.46. The summed E-state index contributed by atoms with van der Waals surface area (Å²) in [5, 5.41) is 1.44. The van der Waals surface area contributed by atoms with Gasteiger partial charge >= 0.3 is 0 Å². The Bertz CT molecular complexity index is 1310. The fourth-order valence-electron chi connectivity index (χ4n) is 5.02. The molecule has 4 heteroatoms. The normalized spacial score (nSPS) is 10.7. The molecular weight excluding hydrogens is 531 g/mol. The van der Waals surface area contributed by atoms with Gasteiger partial charge in [0, 0.05) is 47.6 Å². The van der Waals surface area contributed by atoms with Crippen molar-refractivity contribution in [1.82, 2.24) is 0 Å². The third-order valence-corrected chi connectivity index (χ3v) is 7.84. The van der Waals surface area contributed by atoms with Gasteiger partial charge < -0.3 is 9.80 Å². The van der Waals surface area contributed by atoms with Crippen LogP contribution < -0.4 is 9.80 Å². The van der Waals surface area contributed by atoms with Gasteiger partial charge in [0.2, 0.25) is 0 Å². The Morgan fingerprint density at radius 3 is 0.950 bits per heavy atom. The molecule has 4 aromatic rings. The minimum atomic E-state index is 0.719. The first-order valence-corrected chi connectivity index (χ1v) is 14.9. The van der Waals surface area contributed by atoms with Crippen LogP contribution in [-0.2, 0) is 0 Å².